The van der Waals surface area contributed by atoms with E-state index in [1.54, 1.807) is 5.57 Å². The van der Waals surface area contributed by atoms with Crippen molar-refractivity contribution < 1.29 is 4.79 Å². The van der Waals surface area contributed by atoms with Gasteiger partial charge >= 0.3 is 0 Å². The van der Waals surface area contributed by atoms with Crippen LogP contribution in [0.2, 0.25) is 0 Å². The van der Waals surface area contributed by atoms with Crippen LogP contribution < -0.4 is 0 Å². The molecule has 1 nitrogen and oxygen atoms in total. The van der Waals surface area contributed by atoms with Gasteiger partial charge < -0.3 is 0 Å². The number of Topliss-reactive ketones (excluding diaryl/α,β-unsaturated/α-hetero) is 1. The molecular weight excluding hydrogens is 280 g/mol. The smallest absolute Gasteiger partial charge is 0.163 e. The summed E-state index contributed by atoms with van der Waals surface area (Å²) in [5.74, 6) is 1.84. The highest BCUT2D eigenvalue weighted by atomic mass is 16.1. The van der Waals surface area contributed by atoms with Crippen LogP contribution in [-0.4, -0.2) is 5.78 Å². The van der Waals surface area contributed by atoms with E-state index in [1.807, 2.05) is 0 Å². The third-order valence-electron chi connectivity index (χ3n) is 7.28. The van der Waals surface area contributed by atoms with Crippen molar-refractivity contribution in [3.8, 4) is 0 Å². The van der Waals surface area contributed by atoms with Gasteiger partial charge in [0.2, 0.25) is 0 Å². The number of rotatable bonds is 1. The minimum Gasteiger partial charge on any atom is -0.294 e. The van der Waals surface area contributed by atoms with Crippen molar-refractivity contribution in [2.75, 3.05) is 0 Å². The van der Waals surface area contributed by atoms with E-state index in [4.69, 9.17) is 0 Å². The zero-order valence-electron chi connectivity index (χ0n) is 13.9. The lowest BCUT2D eigenvalue weighted by molar-refractivity contribution is 0.0937. The summed E-state index contributed by atoms with van der Waals surface area (Å²) >= 11 is 0. The highest BCUT2D eigenvalue weighted by molar-refractivity contribution is 6.01. The van der Waals surface area contributed by atoms with Crippen LogP contribution in [0.25, 0.3) is 0 Å². The Hall–Kier alpha value is -1.37. The predicted molar refractivity (Wildman–Crippen MR) is 92.9 cm³/mol. The fourth-order valence-corrected chi connectivity index (χ4v) is 6.16. The Balaban J connectivity index is 1.65. The number of benzene rings is 1. The van der Waals surface area contributed by atoms with Crippen molar-refractivity contribution >= 4 is 5.78 Å². The van der Waals surface area contributed by atoms with E-state index in [-0.39, 0.29) is 0 Å². The molecule has 0 aromatic heterocycles. The van der Waals surface area contributed by atoms with E-state index in [2.05, 4.69) is 24.3 Å². The summed E-state index contributed by atoms with van der Waals surface area (Å²) in [5.41, 5.74) is 5.97. The molecule has 1 spiro atoms. The fraction of sp³-hybridized carbons (Fsp3) is 0.591. The van der Waals surface area contributed by atoms with E-state index in [0.717, 1.165) is 18.8 Å². The first-order valence-electron chi connectivity index (χ1n) is 9.62. The lowest BCUT2D eigenvalue weighted by Gasteiger charge is -2.42. The first-order valence-corrected chi connectivity index (χ1v) is 9.62. The Morgan fingerprint density at radius 3 is 2.70 bits per heavy atom. The van der Waals surface area contributed by atoms with Crippen molar-refractivity contribution in [1.82, 2.24) is 0 Å². The number of hydrogen-bond donors (Lipinski definition) is 0. The number of carbonyl (C=O) groups is 1. The van der Waals surface area contributed by atoms with E-state index >= 15 is 0 Å². The van der Waals surface area contributed by atoms with Gasteiger partial charge in [-0.3, -0.25) is 4.79 Å². The maximum Gasteiger partial charge on any atom is 0.163 e. The molecule has 2 fully saturated rings. The molecule has 0 aliphatic heterocycles. The number of fused-ring (bicyclic) bond motifs is 5. The van der Waals surface area contributed by atoms with Gasteiger partial charge in [0.05, 0.1) is 0 Å². The lowest BCUT2D eigenvalue weighted by atomic mass is 9.61. The number of carbonyl (C=O) groups excluding carboxylic acids is 1. The van der Waals surface area contributed by atoms with Gasteiger partial charge in [0, 0.05) is 17.4 Å². The predicted octanol–water partition coefficient (Wildman–Crippen LogP) is 5.69. The van der Waals surface area contributed by atoms with Crippen LogP contribution in [0.5, 0.6) is 0 Å². The topological polar surface area (TPSA) is 17.1 Å². The minimum absolute atomic E-state index is 0.304. The molecule has 4 aliphatic rings. The van der Waals surface area contributed by atoms with E-state index in [9.17, 15) is 4.79 Å². The SMILES string of the molecule is O=C1CCC2(CC3=CCC2C3)c2cccc(C3CCCCC3)c21. The van der Waals surface area contributed by atoms with Crippen LogP contribution in [0.15, 0.2) is 29.8 Å². The van der Waals surface area contributed by atoms with Crippen molar-refractivity contribution in [3.63, 3.8) is 0 Å². The summed E-state index contributed by atoms with van der Waals surface area (Å²) in [5, 5.41) is 0. The molecule has 2 atom stereocenters. The summed E-state index contributed by atoms with van der Waals surface area (Å²) in [6, 6.07) is 6.84. The summed E-state index contributed by atoms with van der Waals surface area (Å²) in [4.78, 5) is 12.9. The molecule has 0 N–H and O–H groups in total. The van der Waals surface area contributed by atoms with Crippen LogP contribution in [0, 0.1) is 5.92 Å². The first-order chi connectivity index (χ1) is 11.3. The molecule has 2 unspecified atom stereocenters. The van der Waals surface area contributed by atoms with Crippen molar-refractivity contribution in [2.24, 2.45) is 5.92 Å². The zero-order valence-corrected chi connectivity index (χ0v) is 13.9. The molecule has 5 rings (SSSR count). The number of allylic oxidation sites excluding steroid dienone is 2. The standard InChI is InChI=1S/C22H26O/c23-20-11-12-22(14-15-9-10-17(22)13-15)19-8-4-7-18(21(19)20)16-5-2-1-3-6-16/h4,7-9,16-17H,1-3,5-6,10-14H2. The summed E-state index contributed by atoms with van der Waals surface area (Å²) in [7, 11) is 0. The Labute approximate surface area is 139 Å². The van der Waals surface area contributed by atoms with E-state index in [1.165, 1.54) is 68.1 Å². The molecule has 23 heavy (non-hydrogen) atoms. The van der Waals surface area contributed by atoms with Gasteiger partial charge in [-0.15, -0.1) is 0 Å². The van der Waals surface area contributed by atoms with Gasteiger partial charge in [0.1, 0.15) is 0 Å². The van der Waals surface area contributed by atoms with E-state index in [0.29, 0.717) is 17.1 Å². The molecule has 1 aromatic rings. The molecule has 0 radical (unpaired) electrons. The highest BCUT2D eigenvalue weighted by Gasteiger charge is 2.51. The maximum atomic E-state index is 12.9. The second kappa shape index (κ2) is 5.06. The van der Waals surface area contributed by atoms with Crippen LogP contribution >= 0.6 is 0 Å². The van der Waals surface area contributed by atoms with Gasteiger partial charge in [0.25, 0.3) is 0 Å². The highest BCUT2D eigenvalue weighted by Crippen LogP contribution is 2.59. The summed E-state index contributed by atoms with van der Waals surface area (Å²) in [6.45, 7) is 0. The quantitative estimate of drug-likeness (QED) is 0.609. The second-order valence-corrected chi connectivity index (χ2v) is 8.36. The third-order valence-corrected chi connectivity index (χ3v) is 7.28. The first kappa shape index (κ1) is 14.0. The molecule has 0 heterocycles. The summed E-state index contributed by atoms with van der Waals surface area (Å²) in [6.07, 6.45) is 14.7. The normalized spacial score (nSPS) is 33.1. The Morgan fingerprint density at radius 1 is 1.09 bits per heavy atom. The Kier molecular flexibility index (Phi) is 3.08. The van der Waals surface area contributed by atoms with Gasteiger partial charge in [0.15, 0.2) is 5.78 Å². The average Bonchev–Trinajstić information content (AvgIpc) is 3.20. The number of hydrogen-bond acceptors (Lipinski definition) is 1. The van der Waals surface area contributed by atoms with Gasteiger partial charge in [-0.2, -0.15) is 0 Å². The van der Waals surface area contributed by atoms with Gasteiger partial charge in [-0.1, -0.05) is 49.1 Å². The molecule has 2 saturated carbocycles. The zero-order chi connectivity index (χ0) is 15.4. The van der Waals surface area contributed by atoms with Crippen molar-refractivity contribution in [2.45, 2.75) is 75.5 Å². The summed E-state index contributed by atoms with van der Waals surface area (Å²) < 4.78 is 0. The van der Waals surface area contributed by atoms with E-state index < -0.39 is 0 Å². The minimum atomic E-state index is 0.304. The van der Waals surface area contributed by atoms with Gasteiger partial charge in [-0.05, 0) is 61.5 Å². The molecule has 120 valence electrons. The molecule has 2 bridgehead atoms. The molecule has 4 aliphatic carbocycles. The van der Waals surface area contributed by atoms with Crippen LogP contribution in [0.4, 0.5) is 0 Å². The van der Waals surface area contributed by atoms with Crippen LogP contribution in [0.3, 0.4) is 0 Å². The molecule has 1 aromatic carbocycles. The van der Waals surface area contributed by atoms with Gasteiger partial charge in [-0.25, -0.2) is 0 Å². The third kappa shape index (κ3) is 1.95. The van der Waals surface area contributed by atoms with Crippen LogP contribution in [0.1, 0.15) is 91.6 Å². The average molecular weight is 306 g/mol. The monoisotopic (exact) mass is 306 g/mol. The maximum absolute atomic E-state index is 12.9. The fourth-order valence-electron chi connectivity index (χ4n) is 6.16. The molecular formula is C22H26O. The van der Waals surface area contributed by atoms with Crippen LogP contribution in [-0.2, 0) is 5.41 Å². The molecule has 1 heteroatoms. The Bertz CT molecular complexity index is 692. The van der Waals surface area contributed by atoms with Crippen molar-refractivity contribution in [1.29, 1.82) is 0 Å². The Morgan fingerprint density at radius 2 is 1.96 bits per heavy atom. The lowest BCUT2D eigenvalue weighted by Crippen LogP contribution is -2.38. The molecule has 0 amide bonds. The van der Waals surface area contributed by atoms with Crippen molar-refractivity contribution in [3.05, 3.63) is 46.5 Å². The number of ketones is 1. The second-order valence-electron chi connectivity index (χ2n) is 8.36. The largest absolute Gasteiger partial charge is 0.294 e. The molecule has 0 saturated heterocycles.